The van der Waals surface area contributed by atoms with Crippen molar-refractivity contribution in [3.8, 4) is 5.75 Å². The van der Waals surface area contributed by atoms with E-state index in [-0.39, 0.29) is 5.56 Å². The number of alkyl halides is 2. The molecule has 0 aliphatic carbocycles. The van der Waals surface area contributed by atoms with Crippen LogP contribution in [0.15, 0.2) is 18.2 Å². The zero-order valence-electron chi connectivity index (χ0n) is 11.4. The fourth-order valence-corrected chi connectivity index (χ4v) is 1.49. The van der Waals surface area contributed by atoms with Crippen molar-refractivity contribution in [3.63, 3.8) is 0 Å². The number of nitro benzene ring substituents is 1. The van der Waals surface area contributed by atoms with E-state index in [1.165, 1.54) is 0 Å². The first-order valence-corrected chi connectivity index (χ1v) is 5.78. The molecule has 0 saturated carbocycles. The van der Waals surface area contributed by atoms with Crippen LogP contribution < -0.4 is 4.74 Å². The Balaban J connectivity index is 3.33. The second-order valence-electron chi connectivity index (χ2n) is 3.91. The van der Waals surface area contributed by atoms with Crippen molar-refractivity contribution in [1.82, 2.24) is 0 Å². The van der Waals surface area contributed by atoms with Gasteiger partial charge in [0.15, 0.2) is 0 Å². The second-order valence-corrected chi connectivity index (χ2v) is 3.91. The molecule has 0 spiro atoms. The molecule has 22 heavy (non-hydrogen) atoms. The Morgan fingerprint density at radius 3 is 2.14 bits per heavy atom. The smallest absolute Gasteiger partial charge is 0.387 e. The van der Waals surface area contributed by atoms with E-state index in [0.29, 0.717) is 0 Å². The minimum absolute atomic E-state index is 0.389. The Hall–Kier alpha value is -2.78. The summed E-state index contributed by atoms with van der Waals surface area (Å²) in [5.41, 5.74) is -0.874. The zero-order chi connectivity index (χ0) is 16.9. The molecular formula is C12H11F2NO7. The van der Waals surface area contributed by atoms with E-state index >= 15 is 0 Å². The summed E-state index contributed by atoms with van der Waals surface area (Å²) < 4.78 is 38.3. The van der Waals surface area contributed by atoms with Gasteiger partial charge in [-0.15, -0.1) is 0 Å². The summed E-state index contributed by atoms with van der Waals surface area (Å²) in [6.45, 7) is -1.25. The number of ether oxygens (including phenoxy) is 3. The third-order valence-corrected chi connectivity index (χ3v) is 2.22. The maximum Gasteiger partial charge on any atom is 0.387 e. The number of carbonyl (C=O) groups is 2. The van der Waals surface area contributed by atoms with E-state index in [2.05, 4.69) is 14.2 Å². The lowest BCUT2D eigenvalue weighted by molar-refractivity contribution is -0.385. The Labute approximate surface area is 122 Å². The van der Waals surface area contributed by atoms with E-state index in [0.717, 1.165) is 32.0 Å². The molecule has 0 unspecified atom stereocenters. The molecule has 0 N–H and O–H groups in total. The number of benzene rings is 1. The number of carbonyl (C=O) groups excluding carboxylic acids is 2. The van der Waals surface area contributed by atoms with Gasteiger partial charge in [0.05, 0.1) is 10.5 Å². The Bertz CT molecular complexity index is 575. The van der Waals surface area contributed by atoms with Gasteiger partial charge in [0.1, 0.15) is 5.75 Å². The highest BCUT2D eigenvalue weighted by Gasteiger charge is 2.26. The van der Waals surface area contributed by atoms with Crippen LogP contribution in [0.2, 0.25) is 0 Å². The quantitative estimate of drug-likeness (QED) is 0.343. The van der Waals surface area contributed by atoms with Gasteiger partial charge in [0.25, 0.3) is 12.0 Å². The number of rotatable bonds is 6. The van der Waals surface area contributed by atoms with Crippen LogP contribution in [0.5, 0.6) is 5.75 Å². The molecule has 0 bridgehead atoms. The molecule has 1 rings (SSSR count). The minimum atomic E-state index is -3.23. The van der Waals surface area contributed by atoms with Crippen LogP contribution in [0.1, 0.15) is 25.7 Å². The highest BCUT2D eigenvalue weighted by Crippen LogP contribution is 2.33. The van der Waals surface area contributed by atoms with Crippen LogP contribution in [0.25, 0.3) is 0 Å². The van der Waals surface area contributed by atoms with E-state index in [1.807, 2.05) is 0 Å². The number of non-ortho nitro benzene ring substituents is 1. The van der Waals surface area contributed by atoms with Gasteiger partial charge in [-0.3, -0.25) is 19.7 Å². The average molecular weight is 319 g/mol. The van der Waals surface area contributed by atoms with E-state index in [9.17, 15) is 28.5 Å². The molecule has 0 saturated heterocycles. The normalized spacial score (nSPS) is 10.5. The molecule has 0 aliphatic heterocycles. The largest absolute Gasteiger partial charge is 0.434 e. The van der Waals surface area contributed by atoms with Gasteiger partial charge < -0.3 is 14.2 Å². The third kappa shape index (κ3) is 4.96. The fraction of sp³-hybridized carbons (Fsp3) is 0.333. The van der Waals surface area contributed by atoms with Crippen molar-refractivity contribution in [1.29, 1.82) is 0 Å². The summed E-state index contributed by atoms with van der Waals surface area (Å²) in [4.78, 5) is 32.0. The fourth-order valence-electron chi connectivity index (χ4n) is 1.49. The lowest BCUT2D eigenvalue weighted by atomic mass is 10.1. The lowest BCUT2D eigenvalue weighted by Gasteiger charge is -2.19. The number of hydrogen-bond acceptors (Lipinski definition) is 7. The predicted octanol–water partition coefficient (Wildman–Crippen LogP) is 2.32. The minimum Gasteiger partial charge on any atom is -0.434 e. The van der Waals surface area contributed by atoms with Gasteiger partial charge in [-0.25, -0.2) is 0 Å². The molecule has 8 nitrogen and oxygen atoms in total. The van der Waals surface area contributed by atoms with Gasteiger partial charge in [-0.05, 0) is 6.07 Å². The molecule has 0 heterocycles. The number of nitrogens with zero attached hydrogens (tertiary/aromatic N) is 1. The monoisotopic (exact) mass is 319 g/mol. The van der Waals surface area contributed by atoms with Gasteiger partial charge in [0, 0.05) is 26.0 Å². The van der Waals surface area contributed by atoms with Crippen LogP contribution in [0.3, 0.4) is 0 Å². The highest BCUT2D eigenvalue weighted by molar-refractivity contribution is 5.69. The van der Waals surface area contributed by atoms with Crippen molar-refractivity contribution in [3.05, 3.63) is 33.9 Å². The molecule has 1 aromatic rings. The summed E-state index contributed by atoms with van der Waals surface area (Å²) >= 11 is 0. The van der Waals surface area contributed by atoms with Gasteiger partial charge in [0.2, 0.25) is 0 Å². The molecule has 120 valence electrons. The van der Waals surface area contributed by atoms with Gasteiger partial charge in [-0.2, -0.15) is 8.78 Å². The summed E-state index contributed by atoms with van der Waals surface area (Å²) in [5.74, 6) is -2.30. The number of halogens is 2. The molecule has 0 aliphatic rings. The maximum absolute atomic E-state index is 12.4. The summed E-state index contributed by atoms with van der Waals surface area (Å²) in [7, 11) is 0. The Kier molecular flexibility index (Phi) is 5.72. The lowest BCUT2D eigenvalue weighted by Crippen LogP contribution is -2.17. The average Bonchev–Trinajstić information content (AvgIpc) is 2.36. The van der Waals surface area contributed by atoms with Crippen LogP contribution in [-0.2, 0) is 19.1 Å². The maximum atomic E-state index is 12.4. The van der Waals surface area contributed by atoms with Gasteiger partial charge >= 0.3 is 18.6 Å². The van der Waals surface area contributed by atoms with E-state index < -0.39 is 41.2 Å². The summed E-state index contributed by atoms with van der Waals surface area (Å²) in [5, 5.41) is 10.8. The van der Waals surface area contributed by atoms with Crippen LogP contribution in [0, 0.1) is 10.1 Å². The molecule has 0 atom stereocenters. The molecule has 0 fully saturated rings. The summed E-state index contributed by atoms with van der Waals surface area (Å²) in [6, 6.07) is 2.62. The van der Waals surface area contributed by atoms with Crippen molar-refractivity contribution in [2.24, 2.45) is 0 Å². The standard InChI is InChI=1S/C12H11F2NO7/c1-6(16)20-11(21-7(2)17)9-5-8(15(18)19)3-4-10(9)22-12(13)14/h3-5,11-12H,1-2H3. The van der Waals surface area contributed by atoms with E-state index in [1.54, 1.807) is 0 Å². The first-order chi connectivity index (χ1) is 10.2. The molecule has 0 amide bonds. The van der Waals surface area contributed by atoms with E-state index in [4.69, 9.17) is 0 Å². The third-order valence-electron chi connectivity index (χ3n) is 2.22. The molecule has 10 heteroatoms. The zero-order valence-corrected chi connectivity index (χ0v) is 11.4. The topological polar surface area (TPSA) is 105 Å². The summed E-state index contributed by atoms with van der Waals surface area (Å²) in [6.07, 6.45) is -1.75. The number of nitro groups is 1. The van der Waals surface area contributed by atoms with Crippen molar-refractivity contribution < 1.29 is 37.5 Å². The first kappa shape index (κ1) is 17.3. The van der Waals surface area contributed by atoms with Crippen molar-refractivity contribution >= 4 is 17.6 Å². The van der Waals surface area contributed by atoms with Crippen LogP contribution in [-0.4, -0.2) is 23.5 Å². The highest BCUT2D eigenvalue weighted by atomic mass is 19.3. The second kappa shape index (κ2) is 7.29. The molecule has 1 aromatic carbocycles. The Morgan fingerprint density at radius 1 is 1.18 bits per heavy atom. The predicted molar refractivity (Wildman–Crippen MR) is 66.0 cm³/mol. The molecule has 0 radical (unpaired) electrons. The number of hydrogen-bond donors (Lipinski definition) is 0. The first-order valence-electron chi connectivity index (χ1n) is 5.78. The van der Waals surface area contributed by atoms with Crippen LogP contribution in [0.4, 0.5) is 14.5 Å². The van der Waals surface area contributed by atoms with Crippen LogP contribution >= 0.6 is 0 Å². The SMILES string of the molecule is CC(=O)OC(OC(C)=O)c1cc([N+](=O)[O-])ccc1OC(F)F. The Morgan fingerprint density at radius 2 is 1.73 bits per heavy atom. The van der Waals surface area contributed by atoms with Crippen molar-refractivity contribution in [2.75, 3.05) is 0 Å². The molecular weight excluding hydrogens is 308 g/mol. The number of esters is 2. The van der Waals surface area contributed by atoms with Crippen molar-refractivity contribution in [2.45, 2.75) is 26.7 Å². The van der Waals surface area contributed by atoms with Gasteiger partial charge in [-0.1, -0.05) is 0 Å². The molecule has 0 aromatic heterocycles.